The van der Waals surface area contributed by atoms with Gasteiger partial charge in [0.1, 0.15) is 10.9 Å². The molecule has 4 nitrogen and oxygen atoms in total. The topological polar surface area (TPSA) is 54.9 Å². The first kappa shape index (κ1) is 16.0. The Morgan fingerprint density at radius 2 is 2.09 bits per heavy atom. The van der Waals surface area contributed by atoms with Crippen molar-refractivity contribution in [3.05, 3.63) is 52.5 Å². The van der Waals surface area contributed by atoms with Gasteiger partial charge in [0.2, 0.25) is 5.91 Å². The first-order valence-corrected chi connectivity index (χ1v) is 9.09. The Balaban J connectivity index is 1.72. The molecule has 0 spiro atoms. The first-order valence-electron chi connectivity index (χ1n) is 7.33. The fourth-order valence-corrected chi connectivity index (χ4v) is 3.85. The average molecular weight is 343 g/mol. The highest BCUT2D eigenvalue weighted by Crippen LogP contribution is 2.28. The van der Waals surface area contributed by atoms with Crippen LogP contribution in [0.4, 0.5) is 0 Å². The molecule has 0 aliphatic heterocycles. The Morgan fingerprint density at radius 3 is 2.87 bits per heavy atom. The summed E-state index contributed by atoms with van der Waals surface area (Å²) in [5.74, 6) is 0.737. The van der Waals surface area contributed by atoms with Crippen LogP contribution in [0.2, 0.25) is 0 Å². The molecule has 3 aromatic rings. The predicted molar refractivity (Wildman–Crippen MR) is 95.8 cm³/mol. The van der Waals surface area contributed by atoms with E-state index in [9.17, 15) is 4.79 Å². The van der Waals surface area contributed by atoms with Gasteiger partial charge in [0.05, 0.1) is 17.3 Å². The molecule has 0 saturated carbocycles. The maximum absolute atomic E-state index is 12.3. The summed E-state index contributed by atoms with van der Waals surface area (Å²) in [5.41, 5.74) is 0.911. The Hall–Kier alpha value is -1.92. The minimum absolute atomic E-state index is 0.0174. The number of hydrogen-bond donors (Lipinski definition) is 1. The summed E-state index contributed by atoms with van der Waals surface area (Å²) < 4.78 is 0. The average Bonchev–Trinajstić information content (AvgIpc) is 3.05. The molecule has 3 rings (SSSR count). The molecule has 1 amide bonds. The molecule has 1 atom stereocenters. The quantitative estimate of drug-likeness (QED) is 0.565. The molecule has 0 aliphatic rings. The molecule has 1 N–H and O–H groups in total. The summed E-state index contributed by atoms with van der Waals surface area (Å²) >= 11 is 3.12. The summed E-state index contributed by atoms with van der Waals surface area (Å²) in [5, 5.41) is 6.61. The third-order valence-electron chi connectivity index (χ3n) is 3.35. The fourth-order valence-electron chi connectivity index (χ4n) is 2.20. The van der Waals surface area contributed by atoms with Gasteiger partial charge in [-0.15, -0.1) is 11.3 Å². The van der Waals surface area contributed by atoms with Crippen molar-refractivity contribution >= 4 is 39.9 Å². The maximum atomic E-state index is 12.3. The number of hydrogen-bond acceptors (Lipinski definition) is 5. The maximum Gasteiger partial charge on any atom is 0.233 e. The van der Waals surface area contributed by atoms with Crippen molar-refractivity contribution in [3.8, 4) is 0 Å². The molecule has 1 aromatic carbocycles. The number of aromatic nitrogens is 2. The van der Waals surface area contributed by atoms with E-state index in [0.717, 1.165) is 26.6 Å². The molecule has 0 saturated heterocycles. The number of carbonyl (C=O) groups is 1. The number of carbonyl (C=O) groups excluding carboxylic acids is 1. The molecular weight excluding hydrogens is 326 g/mol. The van der Waals surface area contributed by atoms with Crippen LogP contribution in [0.5, 0.6) is 0 Å². The van der Waals surface area contributed by atoms with Crippen molar-refractivity contribution < 1.29 is 4.79 Å². The molecule has 0 fully saturated rings. The number of thioether (sulfide) groups is 1. The molecule has 2 heterocycles. The monoisotopic (exact) mass is 343 g/mol. The summed E-state index contributed by atoms with van der Waals surface area (Å²) in [7, 11) is 0. The Morgan fingerprint density at radius 1 is 1.26 bits per heavy atom. The highest BCUT2D eigenvalue weighted by Gasteiger charge is 2.17. The van der Waals surface area contributed by atoms with Gasteiger partial charge in [-0.05, 0) is 31.4 Å². The highest BCUT2D eigenvalue weighted by molar-refractivity contribution is 8.00. The number of nitrogens with one attached hydrogen (secondary N) is 1. The second kappa shape index (κ2) is 7.10. The van der Waals surface area contributed by atoms with Gasteiger partial charge in [0.15, 0.2) is 0 Å². The second-order valence-corrected chi connectivity index (χ2v) is 7.51. The van der Waals surface area contributed by atoms with Crippen LogP contribution < -0.4 is 5.32 Å². The molecule has 6 heteroatoms. The largest absolute Gasteiger partial charge is 0.350 e. The van der Waals surface area contributed by atoms with E-state index in [1.807, 2.05) is 55.6 Å². The van der Waals surface area contributed by atoms with Gasteiger partial charge in [0.25, 0.3) is 0 Å². The van der Waals surface area contributed by atoms with Crippen LogP contribution in [0.15, 0.2) is 46.8 Å². The van der Waals surface area contributed by atoms with Crippen molar-refractivity contribution in [1.29, 1.82) is 0 Å². The number of benzene rings is 1. The van der Waals surface area contributed by atoms with E-state index in [1.54, 1.807) is 11.3 Å². The zero-order valence-corrected chi connectivity index (χ0v) is 14.6. The molecule has 118 valence electrons. The number of aryl methyl sites for hydroxylation is 1. The van der Waals surface area contributed by atoms with Crippen molar-refractivity contribution in [2.75, 3.05) is 0 Å². The number of amides is 1. The van der Waals surface area contributed by atoms with Gasteiger partial charge in [-0.1, -0.05) is 36.0 Å². The molecule has 2 aromatic heterocycles. The van der Waals surface area contributed by atoms with Gasteiger partial charge >= 0.3 is 0 Å². The van der Waals surface area contributed by atoms with Crippen LogP contribution in [-0.4, -0.2) is 21.1 Å². The van der Waals surface area contributed by atoms with Crippen molar-refractivity contribution in [1.82, 2.24) is 15.3 Å². The fraction of sp³-hybridized carbons (Fsp3) is 0.235. The molecule has 0 aliphatic carbocycles. The third kappa shape index (κ3) is 3.89. The van der Waals surface area contributed by atoms with E-state index >= 15 is 0 Å². The molecule has 23 heavy (non-hydrogen) atoms. The van der Waals surface area contributed by atoms with Crippen molar-refractivity contribution in [2.45, 2.75) is 30.7 Å². The van der Waals surface area contributed by atoms with Crippen LogP contribution in [0, 0.1) is 6.92 Å². The molecule has 0 radical (unpaired) electrons. The van der Waals surface area contributed by atoms with Crippen LogP contribution in [-0.2, 0) is 11.3 Å². The standard InChI is InChI=1S/C17H17N3OS2/c1-11(16(21)18-10-13-6-5-9-22-13)23-17-14-7-3-4-8-15(14)19-12(2)20-17/h3-9,11H,10H2,1-2H3,(H,18,21)/t11-/m1/s1. The zero-order chi connectivity index (χ0) is 16.2. The summed E-state index contributed by atoms with van der Waals surface area (Å²) in [6.07, 6.45) is 0. The minimum atomic E-state index is -0.215. The zero-order valence-electron chi connectivity index (χ0n) is 12.9. The number of thiophene rings is 1. The number of fused-ring (bicyclic) bond motifs is 1. The van der Waals surface area contributed by atoms with Crippen molar-refractivity contribution in [2.24, 2.45) is 0 Å². The summed E-state index contributed by atoms with van der Waals surface area (Å²) in [6.45, 7) is 4.35. The van der Waals surface area contributed by atoms with Crippen LogP contribution in [0.1, 0.15) is 17.6 Å². The molecule has 0 unspecified atom stereocenters. The molecule has 0 bridgehead atoms. The number of rotatable bonds is 5. The lowest BCUT2D eigenvalue weighted by molar-refractivity contribution is -0.120. The lowest BCUT2D eigenvalue weighted by Crippen LogP contribution is -2.30. The SMILES string of the molecule is Cc1nc(S[C@H](C)C(=O)NCc2cccs2)c2ccccc2n1. The second-order valence-electron chi connectivity index (χ2n) is 5.15. The lowest BCUT2D eigenvalue weighted by atomic mass is 10.2. The van der Waals surface area contributed by atoms with Crippen LogP contribution in [0.25, 0.3) is 10.9 Å². The van der Waals surface area contributed by atoms with E-state index < -0.39 is 0 Å². The number of para-hydroxylation sites is 1. The minimum Gasteiger partial charge on any atom is -0.350 e. The summed E-state index contributed by atoms with van der Waals surface area (Å²) in [6, 6.07) is 11.9. The van der Waals surface area contributed by atoms with Crippen LogP contribution >= 0.6 is 23.1 Å². The van der Waals surface area contributed by atoms with E-state index in [0.29, 0.717) is 6.54 Å². The summed E-state index contributed by atoms with van der Waals surface area (Å²) in [4.78, 5) is 22.4. The van der Waals surface area contributed by atoms with Crippen LogP contribution in [0.3, 0.4) is 0 Å². The van der Waals surface area contributed by atoms with E-state index in [-0.39, 0.29) is 11.2 Å². The van der Waals surface area contributed by atoms with E-state index in [1.165, 1.54) is 11.8 Å². The lowest BCUT2D eigenvalue weighted by Gasteiger charge is -2.12. The highest BCUT2D eigenvalue weighted by atomic mass is 32.2. The van der Waals surface area contributed by atoms with Gasteiger partial charge < -0.3 is 5.32 Å². The van der Waals surface area contributed by atoms with E-state index in [2.05, 4.69) is 15.3 Å². The van der Waals surface area contributed by atoms with Gasteiger partial charge in [-0.3, -0.25) is 4.79 Å². The Bertz CT molecular complexity index is 818. The molecular formula is C17H17N3OS2. The van der Waals surface area contributed by atoms with Crippen molar-refractivity contribution in [3.63, 3.8) is 0 Å². The normalized spacial score (nSPS) is 12.3. The predicted octanol–water partition coefficient (Wildman–Crippen LogP) is 3.80. The van der Waals surface area contributed by atoms with Gasteiger partial charge in [-0.2, -0.15) is 0 Å². The Kier molecular flexibility index (Phi) is 4.93. The number of nitrogens with zero attached hydrogens (tertiary/aromatic N) is 2. The Labute approximate surface area is 143 Å². The third-order valence-corrected chi connectivity index (χ3v) is 5.33. The van der Waals surface area contributed by atoms with Gasteiger partial charge in [-0.25, -0.2) is 9.97 Å². The van der Waals surface area contributed by atoms with E-state index in [4.69, 9.17) is 0 Å². The first-order chi connectivity index (χ1) is 11.1. The smallest absolute Gasteiger partial charge is 0.233 e. The van der Waals surface area contributed by atoms with Gasteiger partial charge in [0, 0.05) is 10.3 Å².